The molecule has 3 heteroatoms. The van der Waals surface area contributed by atoms with Gasteiger partial charge in [-0.3, -0.25) is 0 Å². The highest BCUT2D eigenvalue weighted by Crippen LogP contribution is 2.37. The molecule has 0 N–H and O–H groups in total. The van der Waals surface area contributed by atoms with Gasteiger partial charge in [0, 0.05) is 11.6 Å². The van der Waals surface area contributed by atoms with Gasteiger partial charge >= 0.3 is 5.63 Å². The van der Waals surface area contributed by atoms with Gasteiger partial charge < -0.3 is 9.15 Å². The fourth-order valence-corrected chi connectivity index (χ4v) is 2.93. The van der Waals surface area contributed by atoms with Crippen molar-refractivity contribution in [1.82, 2.24) is 0 Å². The summed E-state index contributed by atoms with van der Waals surface area (Å²) in [6.07, 6.45) is 5.28. The Kier molecular flexibility index (Phi) is 2.52. The van der Waals surface area contributed by atoms with Crippen molar-refractivity contribution < 1.29 is 9.15 Å². The molecule has 2 aliphatic rings. The van der Waals surface area contributed by atoms with E-state index in [2.05, 4.69) is 0 Å². The van der Waals surface area contributed by atoms with Gasteiger partial charge in [-0.25, -0.2) is 4.79 Å². The SMILES string of the molecule is O=c1oc(-c2ccccc2)cc2c1C=C1CCCC1O2. The summed E-state index contributed by atoms with van der Waals surface area (Å²) in [6, 6.07) is 11.5. The molecule has 100 valence electrons. The highest BCUT2D eigenvalue weighted by molar-refractivity contribution is 5.67. The highest BCUT2D eigenvalue weighted by Gasteiger charge is 2.29. The van der Waals surface area contributed by atoms with Gasteiger partial charge in [-0.15, -0.1) is 0 Å². The van der Waals surface area contributed by atoms with Crippen molar-refractivity contribution in [3.05, 3.63) is 58.0 Å². The van der Waals surface area contributed by atoms with Crippen molar-refractivity contribution >= 4 is 6.08 Å². The van der Waals surface area contributed by atoms with E-state index in [1.165, 1.54) is 5.57 Å². The molecular weight excluding hydrogens is 252 g/mol. The van der Waals surface area contributed by atoms with Crippen molar-refractivity contribution in [1.29, 1.82) is 0 Å². The van der Waals surface area contributed by atoms with E-state index in [1.807, 2.05) is 42.5 Å². The van der Waals surface area contributed by atoms with Gasteiger partial charge in [0.2, 0.25) is 0 Å². The summed E-state index contributed by atoms with van der Waals surface area (Å²) < 4.78 is 11.4. The first-order chi connectivity index (χ1) is 9.81. The molecule has 20 heavy (non-hydrogen) atoms. The first-order valence-corrected chi connectivity index (χ1v) is 6.92. The normalized spacial score (nSPS) is 19.8. The summed E-state index contributed by atoms with van der Waals surface area (Å²) in [6.45, 7) is 0. The Morgan fingerprint density at radius 2 is 2.00 bits per heavy atom. The molecule has 3 nitrogen and oxygen atoms in total. The lowest BCUT2D eigenvalue weighted by molar-refractivity contribution is 0.237. The largest absolute Gasteiger partial charge is 0.485 e. The van der Waals surface area contributed by atoms with E-state index in [4.69, 9.17) is 9.15 Å². The molecular formula is C17H14O3. The lowest BCUT2D eigenvalue weighted by Crippen LogP contribution is -2.21. The smallest absolute Gasteiger partial charge is 0.347 e. The first kappa shape index (κ1) is 11.5. The number of hydrogen-bond acceptors (Lipinski definition) is 3. The Hall–Kier alpha value is -2.29. The molecule has 0 saturated heterocycles. The molecule has 0 spiro atoms. The second-order valence-corrected chi connectivity index (χ2v) is 5.26. The maximum absolute atomic E-state index is 12.2. The Balaban J connectivity index is 1.85. The fourth-order valence-electron chi connectivity index (χ4n) is 2.93. The Morgan fingerprint density at radius 1 is 1.15 bits per heavy atom. The molecule has 1 saturated carbocycles. The molecule has 2 heterocycles. The Morgan fingerprint density at radius 3 is 2.85 bits per heavy atom. The average Bonchev–Trinajstić information content (AvgIpc) is 2.93. The minimum atomic E-state index is -0.320. The van der Waals surface area contributed by atoms with E-state index in [9.17, 15) is 4.79 Å². The molecule has 0 bridgehead atoms. The van der Waals surface area contributed by atoms with Gasteiger partial charge in [-0.2, -0.15) is 0 Å². The molecule has 1 unspecified atom stereocenters. The molecule has 2 aromatic rings. The van der Waals surface area contributed by atoms with Crippen LogP contribution in [0.4, 0.5) is 0 Å². The van der Waals surface area contributed by atoms with Crippen LogP contribution >= 0.6 is 0 Å². The summed E-state index contributed by atoms with van der Waals surface area (Å²) in [5.74, 6) is 1.21. The lowest BCUT2D eigenvalue weighted by Gasteiger charge is -2.21. The predicted molar refractivity (Wildman–Crippen MR) is 76.7 cm³/mol. The minimum Gasteiger partial charge on any atom is -0.485 e. The van der Waals surface area contributed by atoms with Crippen LogP contribution in [0.5, 0.6) is 5.75 Å². The molecule has 1 aromatic carbocycles. The van der Waals surface area contributed by atoms with Crippen molar-refractivity contribution in [2.24, 2.45) is 0 Å². The number of rotatable bonds is 1. The molecule has 4 rings (SSSR count). The van der Waals surface area contributed by atoms with Gasteiger partial charge in [-0.05, 0) is 30.9 Å². The zero-order chi connectivity index (χ0) is 13.5. The van der Waals surface area contributed by atoms with Gasteiger partial charge in [0.15, 0.2) is 0 Å². The van der Waals surface area contributed by atoms with E-state index in [0.717, 1.165) is 24.8 Å². The van der Waals surface area contributed by atoms with E-state index >= 15 is 0 Å². The zero-order valence-corrected chi connectivity index (χ0v) is 11.0. The Labute approximate surface area is 116 Å². The maximum Gasteiger partial charge on any atom is 0.347 e. The van der Waals surface area contributed by atoms with E-state index in [0.29, 0.717) is 17.1 Å². The third-order valence-electron chi connectivity index (χ3n) is 3.95. The van der Waals surface area contributed by atoms with Crippen LogP contribution < -0.4 is 10.4 Å². The third-order valence-corrected chi connectivity index (χ3v) is 3.95. The first-order valence-electron chi connectivity index (χ1n) is 6.92. The van der Waals surface area contributed by atoms with Crippen LogP contribution in [0.2, 0.25) is 0 Å². The van der Waals surface area contributed by atoms with Crippen LogP contribution in [0.15, 0.2) is 51.2 Å². The van der Waals surface area contributed by atoms with Crippen LogP contribution in [0, 0.1) is 0 Å². The summed E-state index contributed by atoms with van der Waals surface area (Å²) in [4.78, 5) is 12.2. The van der Waals surface area contributed by atoms with E-state index in [1.54, 1.807) is 0 Å². The average molecular weight is 266 g/mol. The molecule has 1 fully saturated rings. The molecule has 1 atom stereocenters. The standard InChI is InChI=1S/C17H14O3/c18-17-13-9-12-7-4-8-14(12)19-16(13)10-15(20-17)11-5-2-1-3-6-11/h1-3,5-6,9-10,14H,4,7-8H2. The lowest BCUT2D eigenvalue weighted by atomic mass is 10.0. The summed E-state index contributed by atoms with van der Waals surface area (Å²) in [7, 11) is 0. The van der Waals surface area contributed by atoms with Crippen LogP contribution in [-0.4, -0.2) is 6.10 Å². The molecule has 1 aliphatic heterocycles. The number of benzene rings is 1. The van der Waals surface area contributed by atoms with Crippen molar-refractivity contribution in [3.8, 4) is 17.1 Å². The molecule has 1 aromatic heterocycles. The monoisotopic (exact) mass is 266 g/mol. The van der Waals surface area contributed by atoms with Crippen LogP contribution in [0.25, 0.3) is 17.4 Å². The maximum atomic E-state index is 12.2. The minimum absolute atomic E-state index is 0.146. The van der Waals surface area contributed by atoms with Crippen LogP contribution in [0.3, 0.4) is 0 Å². The van der Waals surface area contributed by atoms with E-state index < -0.39 is 0 Å². The second kappa shape index (κ2) is 4.37. The van der Waals surface area contributed by atoms with Gasteiger partial charge in [0.1, 0.15) is 23.2 Å². The van der Waals surface area contributed by atoms with Crippen molar-refractivity contribution in [2.45, 2.75) is 25.4 Å². The number of ether oxygens (including phenoxy) is 1. The van der Waals surface area contributed by atoms with Crippen molar-refractivity contribution in [3.63, 3.8) is 0 Å². The number of hydrogen-bond donors (Lipinski definition) is 0. The Bertz CT molecular complexity index is 741. The topological polar surface area (TPSA) is 39.4 Å². The summed E-state index contributed by atoms with van der Waals surface area (Å²) >= 11 is 0. The molecule has 0 amide bonds. The highest BCUT2D eigenvalue weighted by atomic mass is 16.5. The van der Waals surface area contributed by atoms with Gasteiger partial charge in [-0.1, -0.05) is 30.3 Å². The van der Waals surface area contributed by atoms with Gasteiger partial charge in [0.05, 0.1) is 0 Å². The van der Waals surface area contributed by atoms with Crippen LogP contribution in [-0.2, 0) is 0 Å². The second-order valence-electron chi connectivity index (χ2n) is 5.26. The zero-order valence-electron chi connectivity index (χ0n) is 11.0. The molecule has 0 radical (unpaired) electrons. The van der Waals surface area contributed by atoms with Gasteiger partial charge in [0.25, 0.3) is 0 Å². The summed E-state index contributed by atoms with van der Waals surface area (Å²) in [5.41, 5.74) is 2.34. The third kappa shape index (κ3) is 1.78. The molecule has 1 aliphatic carbocycles. The van der Waals surface area contributed by atoms with Crippen LogP contribution in [0.1, 0.15) is 24.8 Å². The van der Waals surface area contributed by atoms with Crippen molar-refractivity contribution in [2.75, 3.05) is 0 Å². The summed E-state index contributed by atoms with van der Waals surface area (Å²) in [5, 5.41) is 0. The fraction of sp³-hybridized carbons (Fsp3) is 0.235. The predicted octanol–water partition coefficient (Wildman–Crippen LogP) is 3.64. The number of fused-ring (bicyclic) bond motifs is 2. The quantitative estimate of drug-likeness (QED) is 0.791. The van der Waals surface area contributed by atoms with E-state index in [-0.39, 0.29) is 11.7 Å².